The number of allylic oxidation sites excluding steroid dienone is 1. The summed E-state index contributed by atoms with van der Waals surface area (Å²) < 4.78 is 5.24. The van der Waals surface area contributed by atoms with E-state index in [-0.39, 0.29) is 0 Å². The number of hydrogen-bond acceptors (Lipinski definition) is 3. The largest absolute Gasteiger partial charge is 0.481 e. The van der Waals surface area contributed by atoms with Crippen LogP contribution < -0.4 is 10.1 Å². The van der Waals surface area contributed by atoms with Gasteiger partial charge in [-0.2, -0.15) is 0 Å². The zero-order chi connectivity index (χ0) is 14.8. The van der Waals surface area contributed by atoms with E-state index in [1.54, 1.807) is 20.4 Å². The molecule has 0 atom stereocenters. The Morgan fingerprint density at radius 1 is 1.60 bits per heavy atom. The molecule has 5 nitrogen and oxygen atoms in total. The smallest absolute Gasteiger partial charge is 0.218 e. The quantitative estimate of drug-likeness (QED) is 0.358. The minimum Gasteiger partial charge on any atom is -0.481 e. The lowest BCUT2D eigenvalue weighted by Crippen LogP contribution is -2.39. The number of aliphatic imine (C=N–C) groups is 1. The van der Waals surface area contributed by atoms with E-state index in [1.165, 1.54) is 0 Å². The number of nitrogens with one attached hydrogen (secondary N) is 1. The van der Waals surface area contributed by atoms with Crippen LogP contribution in [0.15, 0.2) is 36.0 Å². The molecule has 0 saturated carbocycles. The van der Waals surface area contributed by atoms with Crippen molar-refractivity contribution >= 4 is 5.96 Å². The molecule has 0 unspecified atom stereocenters. The van der Waals surface area contributed by atoms with E-state index in [9.17, 15) is 0 Å². The Balaban J connectivity index is 2.54. The van der Waals surface area contributed by atoms with Crippen LogP contribution in [-0.2, 0) is 6.54 Å². The minimum atomic E-state index is 0.634. The Kier molecular flexibility index (Phi) is 7.17. The van der Waals surface area contributed by atoms with Crippen LogP contribution in [0.3, 0.4) is 0 Å². The van der Waals surface area contributed by atoms with Gasteiger partial charge in [-0.1, -0.05) is 12.1 Å². The fraction of sp³-hybridized carbons (Fsp3) is 0.467. The average Bonchev–Trinajstić information content (AvgIpc) is 2.48. The van der Waals surface area contributed by atoms with Crippen molar-refractivity contribution in [3.63, 3.8) is 0 Å². The Bertz CT molecular complexity index is 445. The van der Waals surface area contributed by atoms with E-state index in [0.717, 1.165) is 30.9 Å². The highest BCUT2D eigenvalue weighted by Crippen LogP contribution is 2.12. The summed E-state index contributed by atoms with van der Waals surface area (Å²) in [5.41, 5.74) is 1.01. The molecule has 5 heteroatoms. The maximum Gasteiger partial charge on any atom is 0.218 e. The zero-order valence-corrected chi connectivity index (χ0v) is 12.6. The molecule has 0 fully saturated rings. The SMILES string of the molecule is C=CCCCN(C)C(=NC)NCc1cccnc1OC. The fourth-order valence-corrected chi connectivity index (χ4v) is 1.88. The molecule has 110 valence electrons. The first-order valence-electron chi connectivity index (χ1n) is 6.73. The molecule has 0 amide bonds. The maximum atomic E-state index is 5.24. The fourth-order valence-electron chi connectivity index (χ4n) is 1.88. The van der Waals surface area contributed by atoms with Gasteiger partial charge in [0.2, 0.25) is 5.88 Å². The maximum absolute atomic E-state index is 5.24. The molecular weight excluding hydrogens is 252 g/mol. The number of hydrogen-bond donors (Lipinski definition) is 1. The monoisotopic (exact) mass is 276 g/mol. The van der Waals surface area contributed by atoms with Crippen LogP contribution in [-0.4, -0.2) is 43.6 Å². The molecule has 1 aromatic heterocycles. The Morgan fingerprint density at radius 3 is 3.05 bits per heavy atom. The second kappa shape index (κ2) is 8.96. The predicted molar refractivity (Wildman–Crippen MR) is 83.0 cm³/mol. The number of ether oxygens (including phenoxy) is 1. The highest BCUT2D eigenvalue weighted by molar-refractivity contribution is 5.79. The third-order valence-corrected chi connectivity index (χ3v) is 2.96. The molecule has 0 aliphatic rings. The van der Waals surface area contributed by atoms with E-state index >= 15 is 0 Å². The van der Waals surface area contributed by atoms with Gasteiger partial charge in [-0.25, -0.2) is 4.98 Å². The van der Waals surface area contributed by atoms with E-state index in [4.69, 9.17) is 4.74 Å². The van der Waals surface area contributed by atoms with Crippen molar-refractivity contribution in [3.8, 4) is 5.88 Å². The number of guanidine groups is 1. The molecule has 0 spiro atoms. The Morgan fingerprint density at radius 2 is 2.40 bits per heavy atom. The molecule has 0 bridgehead atoms. The minimum absolute atomic E-state index is 0.634. The van der Waals surface area contributed by atoms with Gasteiger partial charge in [0.15, 0.2) is 5.96 Å². The average molecular weight is 276 g/mol. The van der Waals surface area contributed by atoms with E-state index in [0.29, 0.717) is 12.4 Å². The second-order valence-electron chi connectivity index (χ2n) is 4.43. The van der Waals surface area contributed by atoms with Gasteiger partial charge in [-0.15, -0.1) is 6.58 Å². The van der Waals surface area contributed by atoms with E-state index in [2.05, 4.69) is 26.8 Å². The first-order valence-corrected chi connectivity index (χ1v) is 6.73. The summed E-state index contributed by atoms with van der Waals surface area (Å²) in [6, 6.07) is 3.89. The van der Waals surface area contributed by atoms with Crippen molar-refractivity contribution in [2.24, 2.45) is 4.99 Å². The predicted octanol–water partition coefficient (Wildman–Crippen LogP) is 2.06. The number of rotatable bonds is 7. The number of nitrogens with zero attached hydrogens (tertiary/aromatic N) is 3. The molecule has 1 N–H and O–H groups in total. The lowest BCUT2D eigenvalue weighted by molar-refractivity contribution is 0.391. The van der Waals surface area contributed by atoms with Crippen molar-refractivity contribution in [2.75, 3.05) is 27.7 Å². The van der Waals surface area contributed by atoms with E-state index in [1.807, 2.05) is 25.3 Å². The molecule has 0 aliphatic carbocycles. The van der Waals surface area contributed by atoms with Gasteiger partial charge >= 0.3 is 0 Å². The van der Waals surface area contributed by atoms with Gasteiger partial charge in [0.1, 0.15) is 0 Å². The summed E-state index contributed by atoms with van der Waals surface area (Å²) in [5.74, 6) is 1.50. The number of unbranched alkanes of at least 4 members (excludes halogenated alkanes) is 1. The van der Waals surface area contributed by atoms with Gasteiger partial charge in [0.25, 0.3) is 0 Å². The molecule has 0 saturated heterocycles. The molecule has 1 heterocycles. The highest BCUT2D eigenvalue weighted by atomic mass is 16.5. The van der Waals surface area contributed by atoms with Gasteiger partial charge in [0.05, 0.1) is 7.11 Å². The normalized spacial score (nSPS) is 11.1. The van der Waals surface area contributed by atoms with Gasteiger partial charge < -0.3 is 15.0 Å². The summed E-state index contributed by atoms with van der Waals surface area (Å²) >= 11 is 0. The number of pyridine rings is 1. The topological polar surface area (TPSA) is 49.8 Å². The molecule has 1 rings (SSSR count). The van der Waals surface area contributed by atoms with Crippen LogP contribution in [0.1, 0.15) is 18.4 Å². The zero-order valence-electron chi connectivity index (χ0n) is 12.6. The highest BCUT2D eigenvalue weighted by Gasteiger charge is 2.07. The lowest BCUT2D eigenvalue weighted by Gasteiger charge is -2.22. The van der Waals surface area contributed by atoms with Crippen molar-refractivity contribution in [3.05, 3.63) is 36.5 Å². The second-order valence-corrected chi connectivity index (χ2v) is 4.43. The Labute approximate surface area is 121 Å². The summed E-state index contributed by atoms with van der Waals surface area (Å²) in [7, 11) is 5.44. The molecule has 0 aromatic carbocycles. The summed E-state index contributed by atoms with van der Waals surface area (Å²) in [4.78, 5) is 10.6. The van der Waals surface area contributed by atoms with Crippen LogP contribution in [0.2, 0.25) is 0 Å². The molecular formula is C15H24N4O. The molecule has 0 aliphatic heterocycles. The van der Waals surface area contributed by atoms with Crippen LogP contribution >= 0.6 is 0 Å². The van der Waals surface area contributed by atoms with Crippen LogP contribution in [0.5, 0.6) is 5.88 Å². The molecule has 20 heavy (non-hydrogen) atoms. The first kappa shape index (κ1) is 16.0. The van der Waals surface area contributed by atoms with Gasteiger partial charge in [0, 0.05) is 38.9 Å². The standard InChI is InChI=1S/C15H24N4O/c1-5-6-7-11-19(3)15(16-2)18-12-13-9-8-10-17-14(13)20-4/h5,8-10H,1,6-7,11-12H2,2-4H3,(H,16,18). The van der Waals surface area contributed by atoms with Crippen molar-refractivity contribution in [2.45, 2.75) is 19.4 Å². The van der Waals surface area contributed by atoms with Crippen molar-refractivity contribution < 1.29 is 4.74 Å². The summed E-state index contributed by atoms with van der Waals surface area (Å²) in [6.07, 6.45) is 5.73. The summed E-state index contributed by atoms with van der Waals surface area (Å²) in [5, 5.41) is 3.32. The van der Waals surface area contributed by atoms with E-state index < -0.39 is 0 Å². The number of aromatic nitrogens is 1. The number of methoxy groups -OCH3 is 1. The van der Waals surface area contributed by atoms with Crippen LogP contribution in [0.25, 0.3) is 0 Å². The summed E-state index contributed by atoms with van der Waals surface area (Å²) in [6.45, 7) is 5.31. The third-order valence-electron chi connectivity index (χ3n) is 2.96. The van der Waals surface area contributed by atoms with Crippen LogP contribution in [0, 0.1) is 0 Å². The van der Waals surface area contributed by atoms with Crippen LogP contribution in [0.4, 0.5) is 0 Å². The van der Waals surface area contributed by atoms with Gasteiger partial charge in [-0.05, 0) is 18.9 Å². The third kappa shape index (κ3) is 4.91. The Hall–Kier alpha value is -2.04. The van der Waals surface area contributed by atoms with Crippen molar-refractivity contribution in [1.29, 1.82) is 0 Å². The molecule has 0 radical (unpaired) electrons. The lowest BCUT2D eigenvalue weighted by atomic mass is 10.2. The van der Waals surface area contributed by atoms with Crippen molar-refractivity contribution in [1.82, 2.24) is 15.2 Å². The first-order chi connectivity index (χ1) is 9.72. The van der Waals surface area contributed by atoms with Gasteiger partial charge in [-0.3, -0.25) is 4.99 Å². The molecule has 1 aromatic rings.